The second-order valence-electron chi connectivity index (χ2n) is 4.58. The molecule has 1 N–H and O–H groups in total. The molecule has 1 heterocycles. The minimum Gasteiger partial charge on any atom is -0.342 e. The van der Waals surface area contributed by atoms with E-state index in [4.69, 9.17) is 0 Å². The Kier molecular flexibility index (Phi) is 2.98. The summed E-state index contributed by atoms with van der Waals surface area (Å²) in [5.74, 6) is 1.03. The van der Waals surface area contributed by atoms with Crippen LogP contribution in [-0.2, 0) is 4.79 Å². The predicted molar refractivity (Wildman–Crippen MR) is 67.9 cm³/mol. The molecule has 0 aliphatic carbocycles. The first-order valence-corrected chi connectivity index (χ1v) is 5.62. The van der Waals surface area contributed by atoms with Crippen molar-refractivity contribution in [2.45, 2.75) is 19.9 Å². The molecule has 2 rings (SSSR count). The molecule has 0 bridgehead atoms. The van der Waals surface area contributed by atoms with Crippen LogP contribution in [0.5, 0.6) is 0 Å². The summed E-state index contributed by atoms with van der Waals surface area (Å²) < 4.78 is 0. The number of benzene rings is 1. The van der Waals surface area contributed by atoms with E-state index in [1.54, 1.807) is 6.92 Å². The molecule has 2 aromatic rings. The molecule has 0 aliphatic rings. The third kappa shape index (κ3) is 2.22. The summed E-state index contributed by atoms with van der Waals surface area (Å²) in [7, 11) is 3.82. The maximum Gasteiger partial charge on any atom is 0.151 e. The van der Waals surface area contributed by atoms with Gasteiger partial charge in [-0.3, -0.25) is 9.69 Å². The highest BCUT2D eigenvalue weighted by atomic mass is 16.1. The predicted octanol–water partition coefficient (Wildman–Crippen LogP) is 2.06. The van der Waals surface area contributed by atoms with E-state index < -0.39 is 0 Å². The van der Waals surface area contributed by atoms with Crippen LogP contribution in [0.1, 0.15) is 24.4 Å². The van der Waals surface area contributed by atoms with Gasteiger partial charge in [-0.25, -0.2) is 4.98 Å². The van der Waals surface area contributed by atoms with Crippen LogP contribution in [0.25, 0.3) is 11.0 Å². The van der Waals surface area contributed by atoms with Gasteiger partial charge >= 0.3 is 0 Å². The smallest absolute Gasteiger partial charge is 0.151 e. The van der Waals surface area contributed by atoms with E-state index in [1.165, 1.54) is 0 Å². The maximum atomic E-state index is 11.7. The third-order valence-electron chi connectivity index (χ3n) is 2.84. The van der Waals surface area contributed by atoms with Gasteiger partial charge in [-0.2, -0.15) is 0 Å². The zero-order valence-corrected chi connectivity index (χ0v) is 10.6. The Morgan fingerprint density at radius 3 is 2.71 bits per heavy atom. The monoisotopic (exact) mass is 231 g/mol. The Morgan fingerprint density at radius 2 is 2.12 bits per heavy atom. The van der Waals surface area contributed by atoms with Gasteiger partial charge in [0.2, 0.25) is 0 Å². The highest BCUT2D eigenvalue weighted by molar-refractivity contribution is 5.85. The number of rotatable bonds is 3. The molecule has 17 heavy (non-hydrogen) atoms. The number of carbonyl (C=O) groups excluding carboxylic acids is 1. The molecular formula is C13H17N3O. The van der Waals surface area contributed by atoms with Crippen LogP contribution in [0.15, 0.2) is 18.2 Å². The number of Topliss-reactive ketones (excluding diaryl/α,β-unsaturated/α-hetero) is 1. The molecule has 4 nitrogen and oxygen atoms in total. The molecule has 0 saturated heterocycles. The van der Waals surface area contributed by atoms with Crippen LogP contribution in [0.2, 0.25) is 0 Å². The summed E-state index contributed by atoms with van der Waals surface area (Å²) in [6, 6.07) is 5.73. The number of imidazole rings is 1. The highest BCUT2D eigenvalue weighted by Crippen LogP contribution is 2.22. The zero-order valence-electron chi connectivity index (χ0n) is 10.6. The Labute approximate surface area is 101 Å². The summed E-state index contributed by atoms with van der Waals surface area (Å²) in [6.45, 7) is 3.54. The number of nitrogens with one attached hydrogen (secondary N) is 1. The van der Waals surface area contributed by atoms with E-state index in [9.17, 15) is 4.79 Å². The average molecular weight is 231 g/mol. The first-order chi connectivity index (χ1) is 7.99. The second-order valence-corrected chi connectivity index (χ2v) is 4.58. The lowest BCUT2D eigenvalue weighted by Crippen LogP contribution is -2.25. The number of aromatic amines is 1. The van der Waals surface area contributed by atoms with E-state index >= 15 is 0 Å². The number of likely N-dealkylation sites (N-methyl/N-ethyl adjacent to an activating group) is 1. The van der Waals surface area contributed by atoms with E-state index in [0.29, 0.717) is 0 Å². The third-order valence-corrected chi connectivity index (χ3v) is 2.84. The maximum absolute atomic E-state index is 11.7. The number of fused-ring (bicyclic) bond motifs is 1. The largest absolute Gasteiger partial charge is 0.342 e. The molecule has 1 aromatic carbocycles. The Morgan fingerprint density at radius 1 is 1.41 bits per heavy atom. The van der Waals surface area contributed by atoms with Crippen molar-refractivity contribution in [2.24, 2.45) is 0 Å². The van der Waals surface area contributed by atoms with Crippen LogP contribution < -0.4 is 0 Å². The van der Waals surface area contributed by atoms with Crippen molar-refractivity contribution < 1.29 is 4.79 Å². The fourth-order valence-corrected chi connectivity index (χ4v) is 2.22. The van der Waals surface area contributed by atoms with Crippen LogP contribution in [0.4, 0.5) is 0 Å². The lowest BCUT2D eigenvalue weighted by molar-refractivity contribution is -0.121. The standard InChI is InChI=1S/C13H17N3O/c1-8(17)13(16(3)4)10-5-6-11-12(7-10)15-9(2)14-11/h5-7,13H,1-4H3,(H,14,15). The topological polar surface area (TPSA) is 49.0 Å². The Hall–Kier alpha value is -1.68. The van der Waals surface area contributed by atoms with Gasteiger partial charge in [-0.1, -0.05) is 6.07 Å². The van der Waals surface area contributed by atoms with Crippen molar-refractivity contribution in [3.05, 3.63) is 29.6 Å². The minimum atomic E-state index is -0.192. The molecular weight excluding hydrogens is 214 g/mol. The van der Waals surface area contributed by atoms with Gasteiger partial charge in [-0.15, -0.1) is 0 Å². The van der Waals surface area contributed by atoms with Crippen molar-refractivity contribution in [3.63, 3.8) is 0 Å². The number of nitrogens with zero attached hydrogens (tertiary/aromatic N) is 2. The number of carbonyl (C=O) groups is 1. The highest BCUT2D eigenvalue weighted by Gasteiger charge is 2.19. The van der Waals surface area contributed by atoms with Crippen LogP contribution in [0.3, 0.4) is 0 Å². The number of aryl methyl sites for hydroxylation is 1. The second kappa shape index (κ2) is 4.30. The number of hydrogen-bond acceptors (Lipinski definition) is 3. The molecule has 1 aromatic heterocycles. The molecule has 90 valence electrons. The summed E-state index contributed by atoms with van der Waals surface area (Å²) in [4.78, 5) is 21.1. The number of hydrogen-bond donors (Lipinski definition) is 1. The van der Waals surface area contributed by atoms with E-state index in [1.807, 2.05) is 44.1 Å². The van der Waals surface area contributed by atoms with Gasteiger partial charge in [0.15, 0.2) is 5.78 Å². The van der Waals surface area contributed by atoms with Crippen LogP contribution >= 0.6 is 0 Å². The van der Waals surface area contributed by atoms with Gasteiger partial charge in [0.1, 0.15) is 5.82 Å². The first kappa shape index (κ1) is 11.8. The van der Waals surface area contributed by atoms with Crippen LogP contribution in [-0.4, -0.2) is 34.7 Å². The fourth-order valence-electron chi connectivity index (χ4n) is 2.22. The summed E-state index contributed by atoms with van der Waals surface area (Å²) in [6.07, 6.45) is 0. The van der Waals surface area contributed by atoms with Gasteiger partial charge in [-0.05, 0) is 45.6 Å². The van der Waals surface area contributed by atoms with E-state index in [0.717, 1.165) is 22.4 Å². The van der Waals surface area contributed by atoms with Gasteiger partial charge in [0, 0.05) is 0 Å². The Bertz CT molecular complexity index is 557. The number of H-pyrrole nitrogens is 1. The Balaban J connectivity index is 2.50. The van der Waals surface area contributed by atoms with E-state index in [2.05, 4.69) is 9.97 Å². The van der Waals surface area contributed by atoms with E-state index in [-0.39, 0.29) is 11.8 Å². The molecule has 1 atom stereocenters. The normalized spacial score (nSPS) is 13.2. The van der Waals surface area contributed by atoms with Crippen LogP contribution in [0, 0.1) is 6.92 Å². The molecule has 0 saturated carbocycles. The van der Waals surface area contributed by atoms with Crippen molar-refractivity contribution in [1.29, 1.82) is 0 Å². The molecule has 1 unspecified atom stereocenters. The first-order valence-electron chi connectivity index (χ1n) is 5.62. The van der Waals surface area contributed by atoms with Gasteiger partial charge in [0.05, 0.1) is 17.1 Å². The summed E-state index contributed by atoms with van der Waals surface area (Å²) >= 11 is 0. The van der Waals surface area contributed by atoms with Gasteiger partial charge < -0.3 is 4.98 Å². The SMILES string of the molecule is CC(=O)C(c1ccc2nc(C)[nH]c2c1)N(C)C. The lowest BCUT2D eigenvalue weighted by Gasteiger charge is -2.21. The summed E-state index contributed by atoms with van der Waals surface area (Å²) in [5.41, 5.74) is 2.92. The molecule has 0 fully saturated rings. The molecule has 4 heteroatoms. The fraction of sp³-hybridized carbons (Fsp3) is 0.385. The number of aromatic nitrogens is 2. The lowest BCUT2D eigenvalue weighted by atomic mass is 10.0. The average Bonchev–Trinajstić information content (AvgIpc) is 2.56. The van der Waals surface area contributed by atoms with Gasteiger partial charge in [0.25, 0.3) is 0 Å². The van der Waals surface area contributed by atoms with Crippen molar-refractivity contribution >= 4 is 16.8 Å². The number of ketones is 1. The quantitative estimate of drug-likeness (QED) is 0.879. The van der Waals surface area contributed by atoms with Crippen molar-refractivity contribution in [3.8, 4) is 0 Å². The summed E-state index contributed by atoms with van der Waals surface area (Å²) in [5, 5.41) is 0. The molecule has 0 aliphatic heterocycles. The molecule has 0 spiro atoms. The molecule has 0 radical (unpaired) electrons. The minimum absolute atomic E-state index is 0.144. The van der Waals surface area contributed by atoms with Crippen molar-refractivity contribution in [1.82, 2.24) is 14.9 Å². The molecule has 0 amide bonds. The zero-order chi connectivity index (χ0) is 12.6. The van der Waals surface area contributed by atoms with Crippen molar-refractivity contribution in [2.75, 3.05) is 14.1 Å².